The summed E-state index contributed by atoms with van der Waals surface area (Å²) in [5.74, 6) is -1.59. The number of rotatable bonds is 2. The molecule has 0 radical (unpaired) electrons. The lowest BCUT2D eigenvalue weighted by Crippen LogP contribution is -2.14. The number of carbonyl (C=O) groups excluding carboxylic acids is 1. The summed E-state index contributed by atoms with van der Waals surface area (Å²) in [5.41, 5.74) is 0.712. The van der Waals surface area contributed by atoms with E-state index in [-0.39, 0.29) is 11.4 Å². The third-order valence-corrected chi connectivity index (χ3v) is 2.89. The van der Waals surface area contributed by atoms with Crippen molar-refractivity contribution in [1.29, 1.82) is 0 Å². The standard InChI is InChI=1S/C14H11F2NOS/c1-8-6-9(2-4-12(8)15)17-14(18)11-7-10(19)3-5-13(11)16/h2-7,19H,1H3,(H,17,18). The molecule has 0 aliphatic rings. The van der Waals surface area contributed by atoms with E-state index in [1.165, 1.54) is 36.4 Å². The maximum atomic E-state index is 13.5. The van der Waals surface area contributed by atoms with Gasteiger partial charge in [0.05, 0.1) is 5.56 Å². The van der Waals surface area contributed by atoms with Gasteiger partial charge in [-0.05, 0) is 48.9 Å². The van der Waals surface area contributed by atoms with Crippen molar-refractivity contribution < 1.29 is 13.6 Å². The first-order valence-electron chi connectivity index (χ1n) is 5.53. The zero-order chi connectivity index (χ0) is 14.0. The minimum absolute atomic E-state index is 0.102. The van der Waals surface area contributed by atoms with Gasteiger partial charge in [0.1, 0.15) is 11.6 Å². The molecule has 0 heterocycles. The highest BCUT2D eigenvalue weighted by Crippen LogP contribution is 2.17. The Kier molecular flexibility index (Phi) is 3.85. The van der Waals surface area contributed by atoms with Crippen LogP contribution in [-0.2, 0) is 0 Å². The summed E-state index contributed by atoms with van der Waals surface area (Å²) < 4.78 is 26.6. The molecule has 0 aromatic heterocycles. The van der Waals surface area contributed by atoms with E-state index in [9.17, 15) is 13.6 Å². The molecule has 0 saturated heterocycles. The van der Waals surface area contributed by atoms with Gasteiger partial charge in [0, 0.05) is 10.6 Å². The maximum Gasteiger partial charge on any atom is 0.258 e. The Morgan fingerprint density at radius 1 is 1.11 bits per heavy atom. The minimum atomic E-state index is -0.630. The topological polar surface area (TPSA) is 29.1 Å². The molecule has 98 valence electrons. The number of amides is 1. The van der Waals surface area contributed by atoms with E-state index in [4.69, 9.17) is 0 Å². The largest absolute Gasteiger partial charge is 0.322 e. The second kappa shape index (κ2) is 5.40. The molecule has 0 fully saturated rings. The Labute approximate surface area is 114 Å². The van der Waals surface area contributed by atoms with Crippen LogP contribution in [0.3, 0.4) is 0 Å². The molecule has 2 nitrogen and oxygen atoms in total. The SMILES string of the molecule is Cc1cc(NC(=O)c2cc(S)ccc2F)ccc1F. The highest BCUT2D eigenvalue weighted by molar-refractivity contribution is 7.80. The van der Waals surface area contributed by atoms with E-state index in [0.717, 1.165) is 0 Å². The average molecular weight is 279 g/mol. The van der Waals surface area contributed by atoms with Crippen LogP contribution in [0.4, 0.5) is 14.5 Å². The first-order valence-corrected chi connectivity index (χ1v) is 5.98. The molecule has 2 rings (SSSR count). The lowest BCUT2D eigenvalue weighted by atomic mass is 10.1. The van der Waals surface area contributed by atoms with Crippen LogP contribution in [0.1, 0.15) is 15.9 Å². The molecule has 19 heavy (non-hydrogen) atoms. The molecule has 0 spiro atoms. The van der Waals surface area contributed by atoms with Crippen LogP contribution in [0.25, 0.3) is 0 Å². The Bertz CT molecular complexity index is 643. The Hall–Kier alpha value is -1.88. The predicted octanol–water partition coefficient (Wildman–Crippen LogP) is 3.81. The summed E-state index contributed by atoms with van der Waals surface area (Å²) in [5, 5.41) is 2.51. The lowest BCUT2D eigenvalue weighted by molar-refractivity contribution is 0.102. The summed E-state index contributed by atoms with van der Waals surface area (Å²) in [6, 6.07) is 8.11. The number of thiol groups is 1. The monoisotopic (exact) mass is 279 g/mol. The fourth-order valence-corrected chi connectivity index (χ4v) is 1.81. The van der Waals surface area contributed by atoms with E-state index >= 15 is 0 Å². The van der Waals surface area contributed by atoms with Crippen molar-refractivity contribution in [2.24, 2.45) is 0 Å². The molecule has 2 aromatic carbocycles. The van der Waals surface area contributed by atoms with Crippen molar-refractivity contribution in [3.8, 4) is 0 Å². The lowest BCUT2D eigenvalue weighted by Gasteiger charge is -2.08. The second-order valence-electron chi connectivity index (χ2n) is 4.08. The van der Waals surface area contributed by atoms with Gasteiger partial charge in [0.25, 0.3) is 5.91 Å². The first kappa shape index (κ1) is 13.5. The van der Waals surface area contributed by atoms with Gasteiger partial charge in [-0.2, -0.15) is 0 Å². The number of hydrogen-bond donors (Lipinski definition) is 2. The molecule has 0 aliphatic heterocycles. The van der Waals surface area contributed by atoms with Crippen LogP contribution < -0.4 is 5.32 Å². The van der Waals surface area contributed by atoms with Gasteiger partial charge in [-0.15, -0.1) is 12.6 Å². The predicted molar refractivity (Wildman–Crippen MR) is 72.7 cm³/mol. The average Bonchev–Trinajstić information content (AvgIpc) is 2.36. The summed E-state index contributed by atoms with van der Waals surface area (Å²) in [6.07, 6.45) is 0. The number of carbonyl (C=O) groups is 1. The molecule has 1 N–H and O–H groups in total. The molecule has 0 unspecified atom stereocenters. The fraction of sp³-hybridized carbons (Fsp3) is 0.0714. The Morgan fingerprint density at radius 2 is 1.79 bits per heavy atom. The zero-order valence-corrected chi connectivity index (χ0v) is 11.0. The van der Waals surface area contributed by atoms with Crippen molar-refractivity contribution in [2.45, 2.75) is 11.8 Å². The summed E-state index contributed by atoms with van der Waals surface area (Å²) in [6.45, 7) is 1.58. The van der Waals surface area contributed by atoms with Gasteiger partial charge in [-0.1, -0.05) is 0 Å². The molecule has 0 aliphatic carbocycles. The van der Waals surface area contributed by atoms with Crippen molar-refractivity contribution in [3.05, 3.63) is 59.2 Å². The smallest absolute Gasteiger partial charge is 0.258 e. The summed E-state index contributed by atoms with van der Waals surface area (Å²) in [4.78, 5) is 12.4. The fourth-order valence-electron chi connectivity index (χ4n) is 1.61. The number of halogens is 2. The third-order valence-electron chi connectivity index (χ3n) is 2.61. The highest BCUT2D eigenvalue weighted by Gasteiger charge is 2.12. The van der Waals surface area contributed by atoms with Crippen LogP contribution >= 0.6 is 12.6 Å². The van der Waals surface area contributed by atoms with E-state index in [1.807, 2.05) is 0 Å². The third kappa shape index (κ3) is 3.12. The highest BCUT2D eigenvalue weighted by atomic mass is 32.1. The molecule has 0 bridgehead atoms. The molecule has 1 amide bonds. The number of nitrogens with one attached hydrogen (secondary N) is 1. The van der Waals surface area contributed by atoms with E-state index in [2.05, 4.69) is 17.9 Å². The summed E-state index contributed by atoms with van der Waals surface area (Å²) in [7, 11) is 0. The minimum Gasteiger partial charge on any atom is -0.322 e. The van der Waals surface area contributed by atoms with Crippen LogP contribution in [0.5, 0.6) is 0 Å². The molecular weight excluding hydrogens is 268 g/mol. The molecular formula is C14H11F2NOS. The van der Waals surface area contributed by atoms with Crippen LogP contribution in [-0.4, -0.2) is 5.91 Å². The second-order valence-corrected chi connectivity index (χ2v) is 4.60. The first-order chi connectivity index (χ1) is 8.97. The molecule has 2 aromatic rings. The molecule has 5 heteroatoms. The Balaban J connectivity index is 2.25. The van der Waals surface area contributed by atoms with E-state index < -0.39 is 11.7 Å². The van der Waals surface area contributed by atoms with Crippen LogP contribution in [0, 0.1) is 18.6 Å². The molecule has 0 saturated carbocycles. The van der Waals surface area contributed by atoms with Crippen molar-refractivity contribution in [3.63, 3.8) is 0 Å². The van der Waals surface area contributed by atoms with Crippen LogP contribution in [0.15, 0.2) is 41.3 Å². The van der Waals surface area contributed by atoms with Crippen molar-refractivity contribution in [2.75, 3.05) is 5.32 Å². The quantitative estimate of drug-likeness (QED) is 0.804. The van der Waals surface area contributed by atoms with Gasteiger partial charge >= 0.3 is 0 Å². The van der Waals surface area contributed by atoms with Gasteiger partial charge in [0.2, 0.25) is 0 Å². The van der Waals surface area contributed by atoms with Crippen molar-refractivity contribution >= 4 is 24.2 Å². The molecule has 0 atom stereocenters. The van der Waals surface area contributed by atoms with Crippen LogP contribution in [0.2, 0.25) is 0 Å². The Morgan fingerprint density at radius 3 is 2.47 bits per heavy atom. The normalized spacial score (nSPS) is 10.3. The number of hydrogen-bond acceptors (Lipinski definition) is 2. The van der Waals surface area contributed by atoms with Gasteiger partial charge in [-0.3, -0.25) is 4.79 Å². The van der Waals surface area contributed by atoms with Gasteiger partial charge in [0.15, 0.2) is 0 Å². The maximum absolute atomic E-state index is 13.5. The van der Waals surface area contributed by atoms with Crippen molar-refractivity contribution in [1.82, 2.24) is 0 Å². The number of benzene rings is 2. The van der Waals surface area contributed by atoms with Gasteiger partial charge < -0.3 is 5.32 Å². The summed E-state index contributed by atoms with van der Waals surface area (Å²) >= 11 is 4.06. The number of anilines is 1. The zero-order valence-electron chi connectivity index (χ0n) is 10.1. The van der Waals surface area contributed by atoms with Gasteiger partial charge in [-0.25, -0.2) is 8.78 Å². The van der Waals surface area contributed by atoms with E-state index in [1.54, 1.807) is 6.92 Å². The number of aryl methyl sites for hydroxylation is 1. The van der Waals surface area contributed by atoms with E-state index in [0.29, 0.717) is 16.1 Å².